The molecule has 1 aliphatic heterocycles. The Morgan fingerprint density at radius 2 is 1.32 bits per heavy atom. The highest BCUT2D eigenvalue weighted by Crippen LogP contribution is 2.35. The maximum atomic E-state index is 12.9. The number of carbonyl (C=O) groups excluding carboxylic acids is 1. The number of hydrogen-bond donors (Lipinski definition) is 2. The van der Waals surface area contributed by atoms with Crippen molar-refractivity contribution in [2.24, 2.45) is 0 Å². The molecule has 1 saturated heterocycles. The van der Waals surface area contributed by atoms with Crippen LogP contribution in [0.4, 0.5) is 4.79 Å². The Hall–Kier alpha value is -3.65. The van der Waals surface area contributed by atoms with E-state index in [-0.39, 0.29) is 17.8 Å². The molecule has 0 aliphatic carbocycles. The minimum Gasteiger partial charge on any atom is -0.492 e. The van der Waals surface area contributed by atoms with Gasteiger partial charge in [0.05, 0.1) is 11.6 Å². The van der Waals surface area contributed by atoms with Crippen LogP contribution >= 0.6 is 23.2 Å². The van der Waals surface area contributed by atoms with Crippen LogP contribution in [-0.4, -0.2) is 57.0 Å². The highest BCUT2D eigenvalue weighted by molar-refractivity contribution is 6.30. The van der Waals surface area contributed by atoms with Gasteiger partial charge in [-0.2, -0.15) is 0 Å². The number of aromatic hydroxyl groups is 2. The topological polar surface area (TPSA) is 78.2 Å². The number of aromatic nitrogens is 1. The van der Waals surface area contributed by atoms with E-state index < -0.39 is 6.09 Å². The minimum absolute atomic E-state index is 0.0429. The smallest absolute Gasteiger partial charge is 0.434 e. The van der Waals surface area contributed by atoms with Crippen molar-refractivity contribution in [2.45, 2.75) is 6.04 Å². The lowest BCUT2D eigenvalue weighted by molar-refractivity contribution is 0.0517. The molecule has 190 valence electrons. The predicted octanol–water partition coefficient (Wildman–Crippen LogP) is 5.83. The lowest BCUT2D eigenvalue weighted by Gasteiger charge is -2.39. The lowest BCUT2D eigenvalue weighted by atomic mass is 9.96. The third-order valence-electron chi connectivity index (χ3n) is 6.48. The van der Waals surface area contributed by atoms with Gasteiger partial charge in [-0.3, -0.25) is 4.90 Å². The van der Waals surface area contributed by atoms with Gasteiger partial charge in [-0.25, -0.2) is 4.79 Å². The van der Waals surface area contributed by atoms with E-state index in [9.17, 15) is 15.0 Å². The summed E-state index contributed by atoms with van der Waals surface area (Å²) in [5.41, 5.74) is 3.22. The van der Waals surface area contributed by atoms with E-state index in [1.165, 1.54) is 6.07 Å². The number of nitrogens with zero attached hydrogens (tertiary/aromatic N) is 3. The summed E-state index contributed by atoms with van der Waals surface area (Å²) in [7, 11) is 0. The molecule has 37 heavy (non-hydrogen) atoms. The number of amides is 1. The third kappa shape index (κ3) is 5.39. The van der Waals surface area contributed by atoms with Gasteiger partial charge in [-0.05, 0) is 41.0 Å². The van der Waals surface area contributed by atoms with Gasteiger partial charge in [0.25, 0.3) is 0 Å². The molecule has 9 heteroatoms. The SMILES string of the molecule is O=C(On1c(O)cc(-c2ccccc2)c1O)N1CCN(C(c2ccc(Cl)cc2)c2ccc(Cl)cc2)CC1. The Morgan fingerprint density at radius 3 is 1.86 bits per heavy atom. The molecule has 1 aliphatic rings. The molecule has 0 bridgehead atoms. The number of benzene rings is 3. The molecule has 0 atom stereocenters. The van der Waals surface area contributed by atoms with Crippen LogP contribution in [-0.2, 0) is 0 Å². The van der Waals surface area contributed by atoms with Crippen molar-refractivity contribution in [3.63, 3.8) is 0 Å². The number of halogens is 2. The zero-order valence-corrected chi connectivity index (χ0v) is 21.3. The molecule has 0 radical (unpaired) electrons. The maximum Gasteiger partial charge on any atom is 0.434 e. The van der Waals surface area contributed by atoms with Crippen molar-refractivity contribution < 1.29 is 19.8 Å². The highest BCUT2D eigenvalue weighted by Gasteiger charge is 2.30. The Kier molecular flexibility index (Phi) is 7.28. The zero-order chi connectivity index (χ0) is 25.9. The molecule has 0 spiro atoms. The summed E-state index contributed by atoms with van der Waals surface area (Å²) in [4.78, 5) is 22.1. The molecule has 3 aromatic carbocycles. The fourth-order valence-corrected chi connectivity index (χ4v) is 4.85. The fraction of sp³-hybridized carbons (Fsp3) is 0.179. The van der Waals surface area contributed by atoms with Crippen molar-refractivity contribution in [1.29, 1.82) is 0 Å². The van der Waals surface area contributed by atoms with E-state index in [4.69, 9.17) is 28.0 Å². The molecular formula is C28H25Cl2N3O4. The molecule has 2 heterocycles. The molecule has 4 aromatic rings. The third-order valence-corrected chi connectivity index (χ3v) is 6.98. The standard InChI is InChI=1S/C28H25Cl2N3O4/c29-22-10-6-20(7-11-22)26(21-8-12-23(30)13-9-21)31-14-16-32(17-15-31)28(36)37-33-25(34)18-24(27(33)35)19-4-2-1-3-5-19/h1-13,18,26,34-35H,14-17H2. The minimum atomic E-state index is -0.657. The van der Waals surface area contributed by atoms with Crippen LogP contribution in [0.2, 0.25) is 10.0 Å². The van der Waals surface area contributed by atoms with E-state index in [0.29, 0.717) is 47.4 Å². The first-order chi connectivity index (χ1) is 17.9. The van der Waals surface area contributed by atoms with Gasteiger partial charge in [0.1, 0.15) is 0 Å². The quantitative estimate of drug-likeness (QED) is 0.335. The van der Waals surface area contributed by atoms with Crippen LogP contribution in [0.5, 0.6) is 11.8 Å². The average Bonchev–Trinajstić information content (AvgIpc) is 3.20. The lowest BCUT2D eigenvalue weighted by Crippen LogP contribution is -2.51. The number of piperazine rings is 1. The largest absolute Gasteiger partial charge is 0.492 e. The molecule has 7 nitrogen and oxygen atoms in total. The summed E-state index contributed by atoms with van der Waals surface area (Å²) in [6.07, 6.45) is -0.657. The molecule has 0 unspecified atom stereocenters. The van der Waals surface area contributed by atoms with Crippen LogP contribution in [0, 0.1) is 0 Å². The van der Waals surface area contributed by atoms with E-state index in [1.54, 1.807) is 17.0 Å². The summed E-state index contributed by atoms with van der Waals surface area (Å²) in [5, 5.41) is 22.2. The maximum absolute atomic E-state index is 12.9. The molecule has 1 aromatic heterocycles. The van der Waals surface area contributed by atoms with Crippen molar-refractivity contribution >= 4 is 29.3 Å². The summed E-state index contributed by atoms with van der Waals surface area (Å²) in [6, 6.07) is 25.9. The van der Waals surface area contributed by atoms with Gasteiger partial charge in [0.2, 0.25) is 11.8 Å². The van der Waals surface area contributed by atoms with E-state index >= 15 is 0 Å². The molecule has 0 saturated carbocycles. The predicted molar refractivity (Wildman–Crippen MR) is 143 cm³/mol. The van der Waals surface area contributed by atoms with Crippen molar-refractivity contribution in [1.82, 2.24) is 14.5 Å². The highest BCUT2D eigenvalue weighted by atomic mass is 35.5. The molecule has 5 rings (SSSR count). The van der Waals surface area contributed by atoms with Gasteiger partial charge < -0.3 is 20.0 Å². The number of carbonyl (C=O) groups is 1. The van der Waals surface area contributed by atoms with Gasteiger partial charge in [0.15, 0.2) is 0 Å². The van der Waals surface area contributed by atoms with Crippen LogP contribution in [0.25, 0.3) is 11.1 Å². The molecule has 1 fully saturated rings. The monoisotopic (exact) mass is 537 g/mol. The Bertz CT molecular complexity index is 1320. The second-order valence-electron chi connectivity index (χ2n) is 8.79. The van der Waals surface area contributed by atoms with Crippen LogP contribution < -0.4 is 4.84 Å². The van der Waals surface area contributed by atoms with Gasteiger partial charge in [-0.15, -0.1) is 4.73 Å². The normalized spacial score (nSPS) is 14.2. The summed E-state index contributed by atoms with van der Waals surface area (Å²) in [5.74, 6) is -0.713. The Labute approximate surface area is 224 Å². The summed E-state index contributed by atoms with van der Waals surface area (Å²) in [6.45, 7) is 1.99. The first-order valence-electron chi connectivity index (χ1n) is 11.8. The van der Waals surface area contributed by atoms with Crippen LogP contribution in [0.1, 0.15) is 17.2 Å². The Balaban J connectivity index is 1.29. The van der Waals surface area contributed by atoms with Crippen LogP contribution in [0.3, 0.4) is 0 Å². The molecular weight excluding hydrogens is 513 g/mol. The molecule has 1 amide bonds. The summed E-state index contributed by atoms with van der Waals surface area (Å²) >= 11 is 12.2. The second-order valence-corrected chi connectivity index (χ2v) is 9.66. The van der Waals surface area contributed by atoms with Crippen molar-refractivity contribution in [3.8, 4) is 22.9 Å². The summed E-state index contributed by atoms with van der Waals surface area (Å²) < 4.78 is 0.751. The first-order valence-corrected chi connectivity index (χ1v) is 12.6. The van der Waals surface area contributed by atoms with Crippen molar-refractivity contribution in [3.05, 3.63) is 106 Å². The fourth-order valence-electron chi connectivity index (χ4n) is 4.59. The van der Waals surface area contributed by atoms with Gasteiger partial charge in [-0.1, -0.05) is 77.8 Å². The van der Waals surface area contributed by atoms with E-state index in [0.717, 1.165) is 15.9 Å². The number of hydrogen-bond acceptors (Lipinski definition) is 5. The van der Waals surface area contributed by atoms with Crippen LogP contribution in [0.15, 0.2) is 84.9 Å². The zero-order valence-electron chi connectivity index (χ0n) is 19.8. The van der Waals surface area contributed by atoms with E-state index in [2.05, 4.69) is 4.90 Å². The average molecular weight is 538 g/mol. The molecule has 2 N–H and O–H groups in total. The number of rotatable bonds is 5. The Morgan fingerprint density at radius 1 is 0.784 bits per heavy atom. The van der Waals surface area contributed by atoms with Crippen molar-refractivity contribution in [2.75, 3.05) is 26.2 Å². The first kappa shape index (κ1) is 25.0. The van der Waals surface area contributed by atoms with E-state index in [1.807, 2.05) is 66.7 Å². The van der Waals surface area contributed by atoms with Gasteiger partial charge >= 0.3 is 6.09 Å². The van der Waals surface area contributed by atoms with Gasteiger partial charge in [0, 0.05) is 42.3 Å². The second kappa shape index (κ2) is 10.8.